The lowest BCUT2D eigenvalue weighted by molar-refractivity contribution is -0.140. The van der Waals surface area contributed by atoms with Crippen molar-refractivity contribution < 1.29 is 34.1 Å². The predicted molar refractivity (Wildman–Crippen MR) is 77.1 cm³/mol. The number of nitrogens with one attached hydrogen (secondary N) is 1. The molecule has 0 saturated carbocycles. The number of hydrogen-bond donors (Lipinski definition) is 3. The van der Waals surface area contributed by atoms with Crippen LogP contribution < -0.4 is 10.1 Å². The van der Waals surface area contributed by atoms with E-state index in [0.29, 0.717) is 11.8 Å². The second kappa shape index (κ2) is 8.03. The first-order chi connectivity index (χ1) is 10.3. The Hall–Kier alpha value is -2.55. The van der Waals surface area contributed by atoms with E-state index in [1.54, 1.807) is 0 Å². The number of aliphatic carboxylic acids is 1. The lowest BCUT2D eigenvalue weighted by atomic mass is 10.2. The maximum absolute atomic E-state index is 11.6. The molecule has 0 saturated heterocycles. The van der Waals surface area contributed by atoms with Gasteiger partial charge in [0, 0.05) is 12.7 Å². The average molecular weight is 327 g/mol. The molecule has 0 aromatic heterocycles. The number of carboxylic acid groups (broad SMARTS) is 2. The van der Waals surface area contributed by atoms with Crippen LogP contribution in [-0.4, -0.2) is 45.2 Å². The third-order valence-electron chi connectivity index (χ3n) is 2.35. The molecule has 1 atom stereocenters. The van der Waals surface area contributed by atoms with Gasteiger partial charge < -0.3 is 20.3 Å². The fraction of sp³-hybridized carbons (Fsp3) is 0.231. The number of carboxylic acids is 2. The number of carbonyl (C=O) groups is 4. The molecule has 1 amide bonds. The molecule has 0 fully saturated rings. The van der Waals surface area contributed by atoms with Crippen LogP contribution in [0.15, 0.2) is 24.3 Å². The molecule has 0 spiro atoms. The maximum atomic E-state index is 11.6. The van der Waals surface area contributed by atoms with Gasteiger partial charge in [0.2, 0.25) is 5.91 Å². The Kier molecular flexibility index (Phi) is 6.39. The summed E-state index contributed by atoms with van der Waals surface area (Å²) in [6.07, 6.45) is 0. The molecular formula is C13H13NO7S. The summed E-state index contributed by atoms with van der Waals surface area (Å²) < 4.78 is 4.88. The number of amides is 1. The topological polar surface area (TPSA) is 130 Å². The molecule has 0 radical (unpaired) electrons. The van der Waals surface area contributed by atoms with E-state index in [2.05, 4.69) is 5.32 Å². The van der Waals surface area contributed by atoms with Crippen molar-refractivity contribution in [2.75, 3.05) is 5.75 Å². The molecule has 0 aliphatic rings. The third kappa shape index (κ3) is 5.44. The van der Waals surface area contributed by atoms with Crippen molar-refractivity contribution in [1.29, 1.82) is 0 Å². The van der Waals surface area contributed by atoms with Crippen LogP contribution in [0.5, 0.6) is 5.75 Å². The lowest BCUT2D eigenvalue weighted by Crippen LogP contribution is -2.41. The van der Waals surface area contributed by atoms with Crippen LogP contribution in [0.3, 0.4) is 0 Å². The smallest absolute Gasteiger partial charge is 0.372 e. The number of aromatic carboxylic acids is 1. The fourth-order valence-corrected chi connectivity index (χ4v) is 2.10. The Morgan fingerprint density at radius 1 is 1.23 bits per heavy atom. The first-order valence-electron chi connectivity index (χ1n) is 5.98. The van der Waals surface area contributed by atoms with Crippen LogP contribution in [-0.2, 0) is 9.59 Å². The van der Waals surface area contributed by atoms with Crippen molar-refractivity contribution in [1.82, 2.24) is 5.32 Å². The summed E-state index contributed by atoms with van der Waals surface area (Å²) in [6, 6.07) is 4.31. The highest BCUT2D eigenvalue weighted by atomic mass is 32.2. The molecule has 0 aliphatic carbocycles. The Bertz CT molecular complexity index is 602. The Balaban J connectivity index is 2.65. The largest absolute Gasteiger partial charge is 0.480 e. The summed E-state index contributed by atoms with van der Waals surface area (Å²) in [5.41, 5.74) is -0.187. The SMILES string of the molecule is CC(=O)N[C@@H](CSC(=O)Oc1ccccc1C(=O)O)C(=O)O. The van der Waals surface area contributed by atoms with Gasteiger partial charge in [0.25, 0.3) is 0 Å². The molecule has 1 rings (SSSR count). The van der Waals surface area contributed by atoms with Crippen LogP contribution >= 0.6 is 11.8 Å². The number of benzene rings is 1. The van der Waals surface area contributed by atoms with Crippen molar-refractivity contribution in [3.63, 3.8) is 0 Å². The molecule has 0 heterocycles. The zero-order valence-corrected chi connectivity index (χ0v) is 12.3. The van der Waals surface area contributed by atoms with Crippen LogP contribution in [0, 0.1) is 0 Å². The third-order valence-corrected chi connectivity index (χ3v) is 3.17. The highest BCUT2D eigenvalue weighted by molar-refractivity contribution is 8.13. The monoisotopic (exact) mass is 327 g/mol. The molecule has 118 valence electrons. The molecule has 9 heteroatoms. The summed E-state index contributed by atoms with van der Waals surface area (Å²) in [7, 11) is 0. The van der Waals surface area contributed by atoms with E-state index in [1.165, 1.54) is 24.3 Å². The van der Waals surface area contributed by atoms with Crippen molar-refractivity contribution in [3.8, 4) is 5.75 Å². The fourth-order valence-electron chi connectivity index (χ4n) is 1.42. The molecule has 0 aliphatic heterocycles. The predicted octanol–water partition coefficient (Wildman–Crippen LogP) is 1.21. The van der Waals surface area contributed by atoms with Gasteiger partial charge in [-0.1, -0.05) is 12.1 Å². The van der Waals surface area contributed by atoms with Crippen LogP contribution in [0.2, 0.25) is 0 Å². The first kappa shape index (κ1) is 17.5. The Morgan fingerprint density at radius 3 is 2.41 bits per heavy atom. The van der Waals surface area contributed by atoms with E-state index in [1.807, 2.05) is 0 Å². The summed E-state index contributed by atoms with van der Waals surface area (Å²) in [5, 5.41) is 19.1. The number of para-hydroxylation sites is 1. The highest BCUT2D eigenvalue weighted by Gasteiger charge is 2.21. The van der Waals surface area contributed by atoms with E-state index in [0.717, 1.165) is 6.92 Å². The minimum Gasteiger partial charge on any atom is -0.480 e. The van der Waals surface area contributed by atoms with E-state index < -0.39 is 29.2 Å². The minimum atomic E-state index is -1.29. The number of hydrogen-bond acceptors (Lipinski definition) is 6. The van der Waals surface area contributed by atoms with Gasteiger partial charge in [-0.3, -0.25) is 4.79 Å². The molecule has 3 N–H and O–H groups in total. The van der Waals surface area contributed by atoms with E-state index >= 15 is 0 Å². The van der Waals surface area contributed by atoms with Gasteiger partial charge in [-0.15, -0.1) is 0 Å². The highest BCUT2D eigenvalue weighted by Crippen LogP contribution is 2.20. The number of rotatable bonds is 6. The standard InChI is InChI=1S/C13H13NO7S/c1-7(15)14-9(12(18)19)6-22-13(20)21-10-5-3-2-4-8(10)11(16)17/h2-5,9H,6H2,1H3,(H,14,15)(H,16,17)(H,18,19)/t9-/m0/s1. The maximum Gasteiger partial charge on any atom is 0.372 e. The van der Waals surface area contributed by atoms with Gasteiger partial charge in [0.1, 0.15) is 17.4 Å². The van der Waals surface area contributed by atoms with Crippen LogP contribution in [0.4, 0.5) is 4.79 Å². The number of thioether (sulfide) groups is 1. The molecule has 1 aromatic rings. The minimum absolute atomic E-state index is 0.140. The molecule has 1 aromatic carbocycles. The lowest BCUT2D eigenvalue weighted by Gasteiger charge is -2.12. The molecule has 8 nitrogen and oxygen atoms in total. The normalized spacial score (nSPS) is 11.3. The second-order valence-electron chi connectivity index (χ2n) is 4.06. The molecule has 0 unspecified atom stereocenters. The van der Waals surface area contributed by atoms with Gasteiger partial charge in [0.15, 0.2) is 0 Å². The van der Waals surface area contributed by atoms with E-state index in [-0.39, 0.29) is 17.1 Å². The second-order valence-corrected chi connectivity index (χ2v) is 5.01. The first-order valence-corrected chi connectivity index (χ1v) is 6.96. The van der Waals surface area contributed by atoms with Gasteiger partial charge in [-0.05, 0) is 23.9 Å². The van der Waals surface area contributed by atoms with Gasteiger partial charge >= 0.3 is 17.2 Å². The van der Waals surface area contributed by atoms with Gasteiger partial charge in [-0.2, -0.15) is 0 Å². The van der Waals surface area contributed by atoms with Crippen molar-refractivity contribution in [2.24, 2.45) is 0 Å². The zero-order chi connectivity index (χ0) is 16.7. The van der Waals surface area contributed by atoms with E-state index in [4.69, 9.17) is 14.9 Å². The van der Waals surface area contributed by atoms with E-state index in [9.17, 15) is 19.2 Å². The van der Waals surface area contributed by atoms with Crippen molar-refractivity contribution >= 4 is 34.9 Å². The van der Waals surface area contributed by atoms with Crippen molar-refractivity contribution in [2.45, 2.75) is 13.0 Å². The summed E-state index contributed by atoms with van der Waals surface area (Å²) >= 11 is 0.520. The Morgan fingerprint density at radius 2 is 1.86 bits per heavy atom. The average Bonchev–Trinajstić information content (AvgIpc) is 2.43. The number of carbonyl (C=O) groups excluding carboxylic acids is 2. The summed E-state index contributed by atoms with van der Waals surface area (Å²) in [6.45, 7) is 1.15. The van der Waals surface area contributed by atoms with Gasteiger partial charge in [0.05, 0.1) is 0 Å². The Labute approximate surface area is 129 Å². The quantitative estimate of drug-likeness (QED) is 0.665. The van der Waals surface area contributed by atoms with Crippen LogP contribution in [0.25, 0.3) is 0 Å². The number of ether oxygens (including phenoxy) is 1. The van der Waals surface area contributed by atoms with Gasteiger partial charge in [-0.25, -0.2) is 14.4 Å². The molecular weight excluding hydrogens is 314 g/mol. The van der Waals surface area contributed by atoms with Crippen molar-refractivity contribution in [3.05, 3.63) is 29.8 Å². The van der Waals surface area contributed by atoms with Crippen LogP contribution in [0.1, 0.15) is 17.3 Å². The summed E-state index contributed by atoms with van der Waals surface area (Å²) in [5.74, 6) is -3.48. The molecule has 0 bridgehead atoms. The zero-order valence-electron chi connectivity index (χ0n) is 11.4. The summed E-state index contributed by atoms with van der Waals surface area (Å²) in [4.78, 5) is 44.3. The molecule has 22 heavy (non-hydrogen) atoms.